The molecule has 0 spiro atoms. The van der Waals surface area contributed by atoms with Crippen LogP contribution in [0.5, 0.6) is 0 Å². The first kappa shape index (κ1) is 13.8. The molecule has 0 saturated heterocycles. The lowest BCUT2D eigenvalue weighted by molar-refractivity contribution is -0.384. The lowest BCUT2D eigenvalue weighted by atomic mass is 9.85. The highest BCUT2D eigenvalue weighted by atomic mass is 16.6. The summed E-state index contributed by atoms with van der Waals surface area (Å²) in [5, 5.41) is 23.5. The summed E-state index contributed by atoms with van der Waals surface area (Å²) < 4.78 is 0. The zero-order chi connectivity index (χ0) is 14.8. The maximum absolute atomic E-state index is 10.8. The number of rotatable bonds is 4. The molecule has 3 rings (SSSR count). The van der Waals surface area contributed by atoms with E-state index in [1.54, 1.807) is 6.07 Å². The Kier molecular flexibility index (Phi) is 3.74. The van der Waals surface area contributed by atoms with E-state index < -0.39 is 4.92 Å². The van der Waals surface area contributed by atoms with Gasteiger partial charge in [-0.15, -0.1) is 0 Å². The molecule has 0 radical (unpaired) electrons. The third-order valence-electron chi connectivity index (χ3n) is 4.14. The number of nitrogens with one attached hydrogen (secondary N) is 2. The molecule has 1 aliphatic carbocycles. The number of benzene rings is 1. The van der Waals surface area contributed by atoms with E-state index in [-0.39, 0.29) is 24.3 Å². The summed E-state index contributed by atoms with van der Waals surface area (Å²) in [7, 11) is 0. The molecule has 0 bridgehead atoms. The van der Waals surface area contributed by atoms with Crippen molar-refractivity contribution in [3.05, 3.63) is 28.3 Å². The predicted molar refractivity (Wildman–Crippen MR) is 79.2 cm³/mol. The first-order valence-electron chi connectivity index (χ1n) is 7.19. The molecule has 7 nitrogen and oxygen atoms in total. The number of hydrogen-bond acceptors (Lipinski definition) is 5. The molecular formula is C14H18N4O3. The fourth-order valence-electron chi connectivity index (χ4n) is 2.97. The molecule has 2 unspecified atom stereocenters. The number of nitro benzene ring substituents is 1. The Morgan fingerprint density at radius 1 is 1.43 bits per heavy atom. The smallest absolute Gasteiger partial charge is 0.271 e. The Morgan fingerprint density at radius 3 is 3.00 bits per heavy atom. The number of aromatic nitrogens is 2. The van der Waals surface area contributed by atoms with Crippen molar-refractivity contribution >= 4 is 22.7 Å². The van der Waals surface area contributed by atoms with Crippen molar-refractivity contribution in [1.29, 1.82) is 0 Å². The molecule has 2 aromatic rings. The SMILES string of the molecule is O=[N+]([O-])c1ccc2nc(NC3CCCCC3CO)[nH]c2c1. The van der Waals surface area contributed by atoms with Crippen LogP contribution in [0, 0.1) is 16.0 Å². The molecule has 21 heavy (non-hydrogen) atoms. The van der Waals surface area contributed by atoms with Crippen LogP contribution < -0.4 is 5.32 Å². The van der Waals surface area contributed by atoms with E-state index in [4.69, 9.17) is 0 Å². The fraction of sp³-hybridized carbons (Fsp3) is 0.500. The first-order chi connectivity index (χ1) is 10.2. The van der Waals surface area contributed by atoms with Gasteiger partial charge >= 0.3 is 0 Å². The van der Waals surface area contributed by atoms with Gasteiger partial charge in [-0.3, -0.25) is 10.1 Å². The Morgan fingerprint density at radius 2 is 2.24 bits per heavy atom. The number of non-ortho nitro benzene ring substituents is 1. The van der Waals surface area contributed by atoms with Crippen molar-refractivity contribution in [1.82, 2.24) is 9.97 Å². The van der Waals surface area contributed by atoms with E-state index in [0.717, 1.165) is 25.7 Å². The molecule has 1 heterocycles. The molecule has 1 saturated carbocycles. The second-order valence-corrected chi connectivity index (χ2v) is 5.52. The molecule has 1 aromatic carbocycles. The molecule has 7 heteroatoms. The molecule has 0 amide bonds. The number of nitro groups is 1. The molecule has 112 valence electrons. The minimum atomic E-state index is -0.420. The number of fused-ring (bicyclic) bond motifs is 1. The zero-order valence-corrected chi connectivity index (χ0v) is 11.6. The van der Waals surface area contributed by atoms with E-state index in [1.807, 2.05) is 0 Å². The van der Waals surface area contributed by atoms with Crippen molar-refractivity contribution in [2.45, 2.75) is 31.7 Å². The van der Waals surface area contributed by atoms with Gasteiger partial charge in [-0.1, -0.05) is 12.8 Å². The van der Waals surface area contributed by atoms with Crippen LogP contribution in [0.3, 0.4) is 0 Å². The van der Waals surface area contributed by atoms with E-state index in [2.05, 4.69) is 15.3 Å². The Hall–Kier alpha value is -2.15. The summed E-state index contributed by atoms with van der Waals surface area (Å²) in [4.78, 5) is 17.8. The summed E-state index contributed by atoms with van der Waals surface area (Å²) in [5.74, 6) is 0.845. The largest absolute Gasteiger partial charge is 0.396 e. The average Bonchev–Trinajstić information content (AvgIpc) is 2.89. The lowest BCUT2D eigenvalue weighted by Gasteiger charge is -2.30. The lowest BCUT2D eigenvalue weighted by Crippen LogP contribution is -2.34. The summed E-state index contributed by atoms with van der Waals surface area (Å²) in [6, 6.07) is 4.76. The van der Waals surface area contributed by atoms with Crippen LogP contribution in [0.4, 0.5) is 11.6 Å². The molecule has 3 N–H and O–H groups in total. The second kappa shape index (κ2) is 5.69. The first-order valence-corrected chi connectivity index (χ1v) is 7.19. The highest BCUT2D eigenvalue weighted by Crippen LogP contribution is 2.27. The van der Waals surface area contributed by atoms with Crippen LogP contribution >= 0.6 is 0 Å². The highest BCUT2D eigenvalue weighted by molar-refractivity contribution is 5.79. The third-order valence-corrected chi connectivity index (χ3v) is 4.14. The quantitative estimate of drug-likeness (QED) is 0.592. The van der Waals surface area contributed by atoms with Crippen molar-refractivity contribution in [2.24, 2.45) is 5.92 Å². The number of H-pyrrole nitrogens is 1. The third kappa shape index (κ3) is 2.82. The van der Waals surface area contributed by atoms with Gasteiger partial charge in [-0.25, -0.2) is 4.98 Å². The van der Waals surface area contributed by atoms with Crippen LogP contribution in [0.25, 0.3) is 11.0 Å². The summed E-state index contributed by atoms with van der Waals surface area (Å²) in [6.07, 6.45) is 4.30. The number of aromatic amines is 1. The van der Waals surface area contributed by atoms with Crippen LogP contribution in [-0.2, 0) is 0 Å². The number of anilines is 1. The van der Waals surface area contributed by atoms with Crippen LogP contribution in [0.15, 0.2) is 18.2 Å². The standard InChI is InChI=1S/C14H18N4O3/c19-8-9-3-1-2-4-11(9)15-14-16-12-6-5-10(18(20)21)7-13(12)17-14/h5-7,9,11,19H,1-4,8H2,(H2,15,16,17). The minimum absolute atomic E-state index is 0.0450. The second-order valence-electron chi connectivity index (χ2n) is 5.52. The van der Waals surface area contributed by atoms with Gasteiger partial charge in [0.15, 0.2) is 0 Å². The Labute approximate surface area is 121 Å². The van der Waals surface area contributed by atoms with Gasteiger partial charge in [0.25, 0.3) is 5.69 Å². The minimum Gasteiger partial charge on any atom is -0.396 e. The molecule has 1 aromatic heterocycles. The monoisotopic (exact) mass is 290 g/mol. The van der Waals surface area contributed by atoms with Gasteiger partial charge < -0.3 is 15.4 Å². The van der Waals surface area contributed by atoms with Gasteiger partial charge in [0.05, 0.1) is 16.0 Å². The Bertz CT molecular complexity index is 655. The summed E-state index contributed by atoms with van der Waals surface area (Å²) in [6.45, 7) is 0.170. The van der Waals surface area contributed by atoms with Crippen LogP contribution in [0.2, 0.25) is 0 Å². The normalized spacial score (nSPS) is 22.3. The van der Waals surface area contributed by atoms with E-state index in [0.29, 0.717) is 17.0 Å². The maximum atomic E-state index is 10.8. The van der Waals surface area contributed by atoms with Crippen molar-refractivity contribution in [3.8, 4) is 0 Å². The van der Waals surface area contributed by atoms with Gasteiger partial charge in [0.2, 0.25) is 5.95 Å². The zero-order valence-electron chi connectivity index (χ0n) is 11.6. The predicted octanol–water partition coefficient (Wildman–Crippen LogP) is 2.43. The maximum Gasteiger partial charge on any atom is 0.271 e. The number of nitrogens with zero attached hydrogens (tertiary/aromatic N) is 2. The summed E-state index contributed by atoms with van der Waals surface area (Å²) in [5.41, 5.74) is 1.38. The molecule has 2 atom stereocenters. The van der Waals surface area contributed by atoms with Crippen molar-refractivity contribution in [2.75, 3.05) is 11.9 Å². The molecule has 1 aliphatic rings. The molecule has 1 fully saturated rings. The van der Waals surface area contributed by atoms with Crippen molar-refractivity contribution < 1.29 is 10.0 Å². The van der Waals surface area contributed by atoms with Crippen LogP contribution in [0.1, 0.15) is 25.7 Å². The highest BCUT2D eigenvalue weighted by Gasteiger charge is 2.25. The molecule has 0 aliphatic heterocycles. The van der Waals surface area contributed by atoms with E-state index in [1.165, 1.54) is 12.1 Å². The number of aliphatic hydroxyl groups excluding tert-OH is 1. The summed E-state index contributed by atoms with van der Waals surface area (Å²) >= 11 is 0. The number of aliphatic hydroxyl groups is 1. The fourth-order valence-corrected chi connectivity index (χ4v) is 2.97. The van der Waals surface area contributed by atoms with E-state index in [9.17, 15) is 15.2 Å². The number of hydrogen-bond donors (Lipinski definition) is 3. The van der Waals surface area contributed by atoms with E-state index >= 15 is 0 Å². The van der Waals surface area contributed by atoms with Gasteiger partial charge in [-0.05, 0) is 18.9 Å². The van der Waals surface area contributed by atoms with Gasteiger partial charge in [0, 0.05) is 30.7 Å². The van der Waals surface area contributed by atoms with Gasteiger partial charge in [-0.2, -0.15) is 0 Å². The number of imidazole rings is 1. The van der Waals surface area contributed by atoms with Crippen LogP contribution in [-0.4, -0.2) is 32.6 Å². The van der Waals surface area contributed by atoms with Crippen molar-refractivity contribution in [3.63, 3.8) is 0 Å². The topological polar surface area (TPSA) is 104 Å². The molecular weight excluding hydrogens is 272 g/mol. The average molecular weight is 290 g/mol. The van der Waals surface area contributed by atoms with Gasteiger partial charge in [0.1, 0.15) is 0 Å². The Balaban J connectivity index is 1.82.